The van der Waals surface area contributed by atoms with E-state index in [1.165, 1.54) is 21.9 Å². The van der Waals surface area contributed by atoms with Crippen LogP contribution in [0, 0.1) is 5.92 Å². The van der Waals surface area contributed by atoms with Gasteiger partial charge in [-0.25, -0.2) is 9.97 Å². The largest absolute Gasteiger partial charge is 0.454 e. The maximum absolute atomic E-state index is 6.56. The van der Waals surface area contributed by atoms with Crippen molar-refractivity contribution < 1.29 is 4.42 Å². The van der Waals surface area contributed by atoms with Gasteiger partial charge in [-0.15, -0.1) is 0 Å². The molecule has 3 heterocycles. The monoisotopic (exact) mass is 643 g/mol. The van der Waals surface area contributed by atoms with Crippen LogP contribution in [0.5, 0.6) is 0 Å². The Balaban J connectivity index is 1.18. The average molecular weight is 644 g/mol. The van der Waals surface area contributed by atoms with Crippen molar-refractivity contribution in [3.8, 4) is 28.3 Å². The van der Waals surface area contributed by atoms with Crippen molar-refractivity contribution in [2.24, 2.45) is 5.92 Å². The number of para-hydroxylation sites is 3. The minimum absolute atomic E-state index is 0.408. The zero-order chi connectivity index (χ0) is 33.0. The third-order valence-corrected chi connectivity index (χ3v) is 10.2. The van der Waals surface area contributed by atoms with Crippen LogP contribution < -0.4 is 0 Å². The molecule has 0 radical (unpaired) electrons. The summed E-state index contributed by atoms with van der Waals surface area (Å²) in [6.07, 6.45) is 16.6. The van der Waals surface area contributed by atoms with Crippen LogP contribution in [0.2, 0.25) is 0 Å². The first kappa shape index (κ1) is 28.7. The van der Waals surface area contributed by atoms with Gasteiger partial charge in [0.25, 0.3) is 0 Å². The highest BCUT2D eigenvalue weighted by molar-refractivity contribution is 6.13. The van der Waals surface area contributed by atoms with Crippen molar-refractivity contribution in [3.63, 3.8) is 0 Å². The summed E-state index contributed by atoms with van der Waals surface area (Å²) < 4.78 is 8.91. The van der Waals surface area contributed by atoms with Crippen LogP contribution in [-0.2, 0) is 0 Å². The maximum Gasteiger partial charge on any atom is 0.160 e. The topological polar surface area (TPSA) is 43.9 Å². The van der Waals surface area contributed by atoms with Crippen LogP contribution in [0.25, 0.3) is 77.7 Å². The second-order valence-electron chi connectivity index (χ2n) is 13.2. The first-order valence-corrected chi connectivity index (χ1v) is 17.4. The Morgan fingerprint density at radius 1 is 0.640 bits per heavy atom. The molecule has 1 atom stereocenters. The summed E-state index contributed by atoms with van der Waals surface area (Å²) in [4.78, 5) is 10.4. The molecule has 0 N–H and O–H groups in total. The highest BCUT2D eigenvalue weighted by Gasteiger charge is 2.20. The molecule has 3 aromatic heterocycles. The van der Waals surface area contributed by atoms with E-state index in [-0.39, 0.29) is 0 Å². The number of aromatic nitrogens is 3. The normalized spacial score (nSPS) is 16.0. The van der Waals surface area contributed by atoms with Crippen LogP contribution in [0.1, 0.15) is 25.0 Å². The Morgan fingerprint density at radius 3 is 2.34 bits per heavy atom. The Bertz CT molecular complexity index is 2740. The summed E-state index contributed by atoms with van der Waals surface area (Å²) in [5, 5.41) is 4.63. The van der Waals surface area contributed by atoms with Crippen molar-refractivity contribution >= 4 is 49.3 Å². The van der Waals surface area contributed by atoms with Gasteiger partial charge in [0.2, 0.25) is 0 Å². The van der Waals surface area contributed by atoms with Crippen LogP contribution in [0.3, 0.4) is 0 Å². The van der Waals surface area contributed by atoms with Gasteiger partial charge in [-0.05, 0) is 60.7 Å². The highest BCUT2D eigenvalue weighted by atomic mass is 16.3. The highest BCUT2D eigenvalue weighted by Crippen LogP contribution is 2.40. The Kier molecular flexibility index (Phi) is 6.73. The first-order chi connectivity index (χ1) is 24.8. The fourth-order valence-corrected chi connectivity index (χ4v) is 7.79. The maximum atomic E-state index is 6.56. The molecule has 1 unspecified atom stereocenters. The molecule has 0 aliphatic heterocycles. The molecule has 0 amide bonds. The van der Waals surface area contributed by atoms with Crippen LogP contribution >= 0.6 is 0 Å². The number of benzene rings is 5. The summed E-state index contributed by atoms with van der Waals surface area (Å²) in [7, 11) is 0. The molecule has 0 saturated heterocycles. The molecule has 0 fully saturated rings. The summed E-state index contributed by atoms with van der Waals surface area (Å²) in [6.45, 7) is 0. The van der Waals surface area contributed by atoms with Crippen LogP contribution in [0.15, 0.2) is 168 Å². The van der Waals surface area contributed by atoms with Gasteiger partial charge >= 0.3 is 0 Å². The third-order valence-electron chi connectivity index (χ3n) is 10.2. The van der Waals surface area contributed by atoms with Crippen molar-refractivity contribution in [2.45, 2.75) is 19.3 Å². The van der Waals surface area contributed by atoms with E-state index in [4.69, 9.17) is 14.4 Å². The number of allylic oxidation sites excluding steroid dienone is 8. The lowest BCUT2D eigenvalue weighted by Crippen LogP contribution is -2.05. The van der Waals surface area contributed by atoms with E-state index in [9.17, 15) is 0 Å². The lowest BCUT2D eigenvalue weighted by atomic mass is 9.86. The summed E-state index contributed by atoms with van der Waals surface area (Å²) in [5.74, 6) is 1.15. The second-order valence-corrected chi connectivity index (χ2v) is 13.2. The first-order valence-electron chi connectivity index (χ1n) is 17.4. The Labute approximate surface area is 290 Å². The summed E-state index contributed by atoms with van der Waals surface area (Å²) >= 11 is 0. The zero-order valence-electron chi connectivity index (χ0n) is 27.5. The molecule has 50 heavy (non-hydrogen) atoms. The molecule has 0 saturated carbocycles. The van der Waals surface area contributed by atoms with Gasteiger partial charge in [-0.3, -0.25) is 0 Å². The lowest BCUT2D eigenvalue weighted by Gasteiger charge is -2.20. The number of hydrogen-bond acceptors (Lipinski definition) is 3. The molecule has 0 spiro atoms. The van der Waals surface area contributed by atoms with Crippen LogP contribution in [-0.4, -0.2) is 14.5 Å². The second kappa shape index (κ2) is 11.7. The molecule has 2 aliphatic carbocycles. The minimum Gasteiger partial charge on any atom is -0.454 e. The number of nitrogens with zero attached hydrogens (tertiary/aromatic N) is 3. The fourth-order valence-electron chi connectivity index (χ4n) is 7.79. The summed E-state index contributed by atoms with van der Waals surface area (Å²) in [5.41, 5.74) is 11.6. The van der Waals surface area contributed by atoms with Crippen molar-refractivity contribution in [1.82, 2.24) is 14.5 Å². The summed E-state index contributed by atoms with van der Waals surface area (Å²) in [6, 6.07) is 42.6. The molecule has 4 heteroatoms. The van der Waals surface area contributed by atoms with E-state index < -0.39 is 0 Å². The van der Waals surface area contributed by atoms with Gasteiger partial charge in [-0.2, -0.15) is 0 Å². The smallest absolute Gasteiger partial charge is 0.160 e. The molecule has 238 valence electrons. The molecular formula is C46H33N3O. The molecular weight excluding hydrogens is 611 g/mol. The van der Waals surface area contributed by atoms with Gasteiger partial charge in [0.05, 0.1) is 28.1 Å². The number of rotatable bonds is 5. The predicted octanol–water partition coefficient (Wildman–Crippen LogP) is 12.0. The third kappa shape index (κ3) is 4.75. The Hall–Kier alpha value is -6.26. The van der Waals surface area contributed by atoms with E-state index in [1.54, 1.807) is 0 Å². The SMILES string of the molecule is C1=CCC(C2=CCCC(c3cc(-c4ccc5c6ccccc6n(-c6cccc7c6oc6ccccc67)c5c4)nc(-c4ccccc4)n3)=C2)C=C1. The van der Waals surface area contributed by atoms with Gasteiger partial charge in [0, 0.05) is 38.6 Å². The predicted molar refractivity (Wildman–Crippen MR) is 206 cm³/mol. The van der Waals surface area contributed by atoms with E-state index >= 15 is 0 Å². The molecule has 10 rings (SSSR count). The number of furan rings is 1. The van der Waals surface area contributed by atoms with Crippen molar-refractivity contribution in [1.29, 1.82) is 0 Å². The lowest BCUT2D eigenvalue weighted by molar-refractivity contribution is 0.666. The molecule has 8 aromatic rings. The van der Waals surface area contributed by atoms with E-state index in [0.717, 1.165) is 86.3 Å². The van der Waals surface area contributed by atoms with Crippen LogP contribution in [0.4, 0.5) is 0 Å². The number of fused-ring (bicyclic) bond motifs is 6. The van der Waals surface area contributed by atoms with Crippen molar-refractivity contribution in [3.05, 3.63) is 169 Å². The molecule has 4 nitrogen and oxygen atoms in total. The quantitative estimate of drug-likeness (QED) is 0.187. The van der Waals surface area contributed by atoms with E-state index in [2.05, 4.69) is 144 Å². The minimum atomic E-state index is 0.408. The van der Waals surface area contributed by atoms with Gasteiger partial charge in [0.1, 0.15) is 5.58 Å². The van der Waals surface area contributed by atoms with E-state index in [0.29, 0.717) is 5.92 Å². The van der Waals surface area contributed by atoms with Crippen molar-refractivity contribution in [2.75, 3.05) is 0 Å². The Morgan fingerprint density at radius 2 is 1.44 bits per heavy atom. The van der Waals surface area contributed by atoms with Gasteiger partial charge in [-0.1, -0.05) is 127 Å². The molecule has 2 aliphatic rings. The molecule has 5 aromatic carbocycles. The van der Waals surface area contributed by atoms with E-state index in [1.807, 2.05) is 18.2 Å². The molecule has 0 bridgehead atoms. The fraction of sp³-hybridized carbons (Fsp3) is 0.0870. The average Bonchev–Trinajstić information content (AvgIpc) is 3.74. The van der Waals surface area contributed by atoms with Gasteiger partial charge in [0.15, 0.2) is 11.4 Å². The zero-order valence-corrected chi connectivity index (χ0v) is 27.5. The van der Waals surface area contributed by atoms with Gasteiger partial charge < -0.3 is 8.98 Å². The standard InChI is InChI=1S/C46H33N3O/c1-3-13-30(14-4-1)32-17-11-18-33(27-32)39-29-40(48-46(47-39)31-15-5-2-6-16-31)34-25-26-36-35-19-7-9-22-41(35)49(43(36)28-34)42-23-12-21-38-37-20-8-10-24-44(37)50-45(38)42/h1-10,12-13,15-17,19-30H,11,14,18H2. The number of hydrogen-bond donors (Lipinski definition) is 0.